The Morgan fingerprint density at radius 3 is 2.70 bits per heavy atom. The third-order valence-electron chi connectivity index (χ3n) is 3.33. The molecule has 0 aliphatic heterocycles. The first-order valence-corrected chi connectivity index (χ1v) is 7.89. The van der Waals surface area contributed by atoms with E-state index in [4.69, 9.17) is 9.47 Å². The average molecular weight is 327 g/mol. The number of aryl methyl sites for hydroxylation is 1. The van der Waals surface area contributed by atoms with Gasteiger partial charge in [-0.15, -0.1) is 0 Å². The van der Waals surface area contributed by atoms with E-state index in [1.165, 1.54) is 5.56 Å². The first kappa shape index (κ1) is 15.3. The van der Waals surface area contributed by atoms with E-state index in [-0.39, 0.29) is 0 Å². The molecule has 5 nitrogen and oxygen atoms in total. The Balaban J connectivity index is 1.74. The average Bonchev–Trinajstić information content (AvgIpc) is 2.96. The standard InChI is InChI=1S/C17H17N3O2S/c1-11-4-6-13-16(8-11)23-17(19-13)20-18-10-12-5-7-14(21-2)15(9-12)22-3/h4-10H,1-3H3,(H,19,20). The number of anilines is 1. The van der Waals surface area contributed by atoms with E-state index in [2.05, 4.69) is 34.6 Å². The molecule has 1 heterocycles. The lowest BCUT2D eigenvalue weighted by Crippen LogP contribution is -1.93. The normalized spacial score (nSPS) is 11.1. The van der Waals surface area contributed by atoms with E-state index in [0.29, 0.717) is 11.5 Å². The molecule has 0 bridgehead atoms. The molecule has 1 N–H and O–H groups in total. The van der Waals surface area contributed by atoms with E-state index in [9.17, 15) is 0 Å². The fourth-order valence-electron chi connectivity index (χ4n) is 2.17. The zero-order chi connectivity index (χ0) is 16.2. The molecular formula is C17H17N3O2S. The first-order chi connectivity index (χ1) is 11.2. The number of methoxy groups -OCH3 is 2. The van der Waals surface area contributed by atoms with Crippen LogP contribution in [-0.2, 0) is 0 Å². The summed E-state index contributed by atoms with van der Waals surface area (Å²) in [6.07, 6.45) is 1.72. The van der Waals surface area contributed by atoms with Crippen LogP contribution < -0.4 is 14.9 Å². The molecule has 0 aliphatic rings. The number of nitrogens with one attached hydrogen (secondary N) is 1. The third kappa shape index (κ3) is 3.43. The van der Waals surface area contributed by atoms with Crippen molar-refractivity contribution in [2.45, 2.75) is 6.92 Å². The molecule has 0 saturated heterocycles. The number of hydrogen-bond acceptors (Lipinski definition) is 6. The summed E-state index contributed by atoms with van der Waals surface area (Å²) in [5.74, 6) is 1.37. The van der Waals surface area contributed by atoms with E-state index >= 15 is 0 Å². The van der Waals surface area contributed by atoms with Crippen molar-refractivity contribution in [2.75, 3.05) is 19.6 Å². The summed E-state index contributed by atoms with van der Waals surface area (Å²) >= 11 is 1.58. The number of nitrogens with zero attached hydrogens (tertiary/aromatic N) is 2. The van der Waals surface area contributed by atoms with Crippen LogP contribution in [0.3, 0.4) is 0 Å². The minimum absolute atomic E-state index is 0.673. The van der Waals surface area contributed by atoms with Crippen molar-refractivity contribution in [3.63, 3.8) is 0 Å². The number of hydrazone groups is 1. The van der Waals surface area contributed by atoms with Gasteiger partial charge in [0.05, 0.1) is 30.7 Å². The van der Waals surface area contributed by atoms with Crippen LogP contribution >= 0.6 is 11.3 Å². The minimum Gasteiger partial charge on any atom is -0.493 e. The van der Waals surface area contributed by atoms with Gasteiger partial charge >= 0.3 is 0 Å². The highest BCUT2D eigenvalue weighted by Crippen LogP contribution is 2.28. The van der Waals surface area contributed by atoms with E-state index < -0.39 is 0 Å². The Hall–Kier alpha value is -2.60. The molecule has 118 valence electrons. The molecule has 0 atom stereocenters. The van der Waals surface area contributed by atoms with Gasteiger partial charge in [0.15, 0.2) is 11.5 Å². The maximum absolute atomic E-state index is 5.28. The maximum atomic E-state index is 5.28. The molecule has 0 aliphatic carbocycles. The Labute approximate surface area is 138 Å². The zero-order valence-electron chi connectivity index (χ0n) is 13.2. The van der Waals surface area contributed by atoms with Crippen molar-refractivity contribution < 1.29 is 9.47 Å². The molecule has 0 spiro atoms. The summed E-state index contributed by atoms with van der Waals surface area (Å²) < 4.78 is 11.6. The molecule has 3 aromatic rings. The van der Waals surface area contributed by atoms with Gasteiger partial charge < -0.3 is 9.47 Å². The van der Waals surface area contributed by atoms with E-state index in [1.54, 1.807) is 31.8 Å². The van der Waals surface area contributed by atoms with Crippen molar-refractivity contribution >= 4 is 32.9 Å². The van der Waals surface area contributed by atoms with Gasteiger partial charge in [-0.05, 0) is 48.4 Å². The second-order valence-electron chi connectivity index (χ2n) is 4.97. The van der Waals surface area contributed by atoms with Crippen molar-refractivity contribution in [2.24, 2.45) is 5.10 Å². The summed E-state index contributed by atoms with van der Waals surface area (Å²) in [5, 5.41) is 5.00. The summed E-state index contributed by atoms with van der Waals surface area (Å²) in [5.41, 5.74) is 6.08. The van der Waals surface area contributed by atoms with Crippen LogP contribution in [0.4, 0.5) is 5.13 Å². The quantitative estimate of drug-likeness (QED) is 0.567. The Kier molecular flexibility index (Phi) is 4.43. The minimum atomic E-state index is 0.673. The summed E-state index contributed by atoms with van der Waals surface area (Å²) in [6.45, 7) is 2.07. The van der Waals surface area contributed by atoms with Crippen LogP contribution in [0.25, 0.3) is 10.2 Å². The molecular weight excluding hydrogens is 310 g/mol. The van der Waals surface area contributed by atoms with Crippen molar-refractivity contribution in [1.82, 2.24) is 4.98 Å². The Morgan fingerprint density at radius 2 is 1.91 bits per heavy atom. The number of ether oxygens (including phenoxy) is 2. The Morgan fingerprint density at radius 1 is 1.09 bits per heavy atom. The molecule has 0 saturated carbocycles. The largest absolute Gasteiger partial charge is 0.493 e. The summed E-state index contributed by atoms with van der Waals surface area (Å²) in [6, 6.07) is 11.8. The highest BCUT2D eigenvalue weighted by atomic mass is 32.1. The highest BCUT2D eigenvalue weighted by molar-refractivity contribution is 7.22. The van der Waals surface area contributed by atoms with Gasteiger partial charge in [-0.2, -0.15) is 5.10 Å². The van der Waals surface area contributed by atoms with Crippen LogP contribution in [0.5, 0.6) is 11.5 Å². The Bertz CT molecular complexity index is 858. The van der Waals surface area contributed by atoms with Crippen LogP contribution in [0.15, 0.2) is 41.5 Å². The predicted octanol–water partition coefficient (Wildman–Crippen LogP) is 4.07. The summed E-state index contributed by atoms with van der Waals surface area (Å²) in [4.78, 5) is 4.50. The number of aromatic nitrogens is 1. The smallest absolute Gasteiger partial charge is 0.204 e. The van der Waals surface area contributed by atoms with Gasteiger partial charge in [0.25, 0.3) is 0 Å². The van der Waals surface area contributed by atoms with Gasteiger partial charge in [0.1, 0.15) is 0 Å². The topological polar surface area (TPSA) is 55.7 Å². The van der Waals surface area contributed by atoms with Gasteiger partial charge in [0.2, 0.25) is 5.13 Å². The SMILES string of the molecule is COc1ccc(C=NNc2nc3ccc(C)cc3s2)cc1OC. The fraction of sp³-hybridized carbons (Fsp3) is 0.176. The fourth-order valence-corrected chi connectivity index (χ4v) is 3.09. The lowest BCUT2D eigenvalue weighted by molar-refractivity contribution is 0.355. The number of fused-ring (bicyclic) bond motifs is 1. The van der Waals surface area contributed by atoms with Gasteiger partial charge in [0, 0.05) is 0 Å². The van der Waals surface area contributed by atoms with Crippen LogP contribution in [0, 0.1) is 6.92 Å². The number of rotatable bonds is 5. The molecule has 0 radical (unpaired) electrons. The van der Waals surface area contributed by atoms with Gasteiger partial charge in [-0.1, -0.05) is 17.4 Å². The highest BCUT2D eigenvalue weighted by Gasteiger charge is 2.04. The number of benzene rings is 2. The molecule has 0 fully saturated rings. The van der Waals surface area contributed by atoms with E-state index in [0.717, 1.165) is 20.9 Å². The molecule has 6 heteroatoms. The number of thiazole rings is 1. The van der Waals surface area contributed by atoms with Gasteiger partial charge in [-0.25, -0.2) is 4.98 Å². The van der Waals surface area contributed by atoms with E-state index in [1.807, 2.05) is 24.3 Å². The van der Waals surface area contributed by atoms with Crippen molar-refractivity contribution in [1.29, 1.82) is 0 Å². The monoisotopic (exact) mass is 327 g/mol. The lowest BCUT2D eigenvalue weighted by atomic mass is 10.2. The molecule has 0 unspecified atom stereocenters. The zero-order valence-corrected chi connectivity index (χ0v) is 14.0. The molecule has 0 amide bonds. The van der Waals surface area contributed by atoms with Crippen molar-refractivity contribution in [3.05, 3.63) is 47.5 Å². The maximum Gasteiger partial charge on any atom is 0.204 e. The van der Waals surface area contributed by atoms with Crippen molar-refractivity contribution in [3.8, 4) is 11.5 Å². The van der Waals surface area contributed by atoms with Gasteiger partial charge in [-0.3, -0.25) is 5.43 Å². The molecule has 2 aromatic carbocycles. The van der Waals surface area contributed by atoms with Crippen LogP contribution in [0.1, 0.15) is 11.1 Å². The molecule has 1 aromatic heterocycles. The third-order valence-corrected chi connectivity index (χ3v) is 4.25. The van der Waals surface area contributed by atoms with Crippen LogP contribution in [-0.4, -0.2) is 25.4 Å². The predicted molar refractivity (Wildman–Crippen MR) is 95.1 cm³/mol. The number of hydrogen-bond donors (Lipinski definition) is 1. The first-order valence-electron chi connectivity index (χ1n) is 7.08. The van der Waals surface area contributed by atoms with Crippen LogP contribution in [0.2, 0.25) is 0 Å². The molecule has 3 rings (SSSR count). The second-order valence-corrected chi connectivity index (χ2v) is 6.01. The lowest BCUT2D eigenvalue weighted by Gasteiger charge is -2.07. The molecule has 23 heavy (non-hydrogen) atoms. The second kappa shape index (κ2) is 6.66. The summed E-state index contributed by atoms with van der Waals surface area (Å²) in [7, 11) is 3.22.